The van der Waals surface area contributed by atoms with E-state index in [1.165, 1.54) is 51.6 Å². The number of hydrogen-bond acceptors (Lipinski definition) is 2. The normalized spacial score (nSPS) is 23.6. The van der Waals surface area contributed by atoms with Crippen molar-refractivity contribution in [2.45, 2.75) is 59.3 Å². The summed E-state index contributed by atoms with van der Waals surface area (Å²) in [5.41, 5.74) is 6.27. The Bertz CT molecular complexity index is 195. The lowest BCUT2D eigenvalue weighted by Crippen LogP contribution is -2.20. The second-order valence-electron chi connectivity index (χ2n) is 6.47. The highest BCUT2D eigenvalue weighted by Crippen LogP contribution is 2.50. The van der Waals surface area contributed by atoms with Crippen LogP contribution < -0.4 is 11.1 Å². The highest BCUT2D eigenvalue weighted by molar-refractivity contribution is 4.95. The molecule has 0 spiro atoms. The molecular weight excluding hydrogens is 208 g/mol. The molecule has 1 saturated carbocycles. The minimum atomic E-state index is 0.622. The standard InChI is InChI=1S/C15H32N2/c1-4-6-13(8-9-16)7-5-10-17-12-14-11-15(14,2)3/h13-14,17H,4-12,16H2,1-3H3. The van der Waals surface area contributed by atoms with Crippen LogP contribution in [0, 0.1) is 17.3 Å². The van der Waals surface area contributed by atoms with Gasteiger partial charge in [-0.05, 0) is 62.6 Å². The minimum absolute atomic E-state index is 0.622. The Hall–Kier alpha value is -0.0800. The maximum Gasteiger partial charge on any atom is -0.00152 e. The monoisotopic (exact) mass is 240 g/mol. The van der Waals surface area contributed by atoms with Crippen LogP contribution in [0.5, 0.6) is 0 Å². The summed E-state index contributed by atoms with van der Waals surface area (Å²) >= 11 is 0. The average Bonchev–Trinajstić information content (AvgIpc) is 2.86. The predicted octanol–water partition coefficient (Wildman–Crippen LogP) is 3.17. The van der Waals surface area contributed by atoms with E-state index in [0.29, 0.717) is 5.41 Å². The van der Waals surface area contributed by atoms with Crippen LogP contribution in [0.15, 0.2) is 0 Å². The predicted molar refractivity (Wildman–Crippen MR) is 76.1 cm³/mol. The third-order valence-electron chi connectivity index (χ3n) is 4.35. The second-order valence-corrected chi connectivity index (χ2v) is 6.47. The van der Waals surface area contributed by atoms with Crippen molar-refractivity contribution in [3.05, 3.63) is 0 Å². The molecule has 1 aliphatic rings. The fourth-order valence-corrected chi connectivity index (χ4v) is 2.79. The van der Waals surface area contributed by atoms with Crippen molar-refractivity contribution in [2.24, 2.45) is 23.0 Å². The lowest BCUT2D eigenvalue weighted by molar-refractivity contribution is 0.400. The van der Waals surface area contributed by atoms with Gasteiger partial charge in [-0.3, -0.25) is 0 Å². The van der Waals surface area contributed by atoms with Crippen LogP contribution in [0.3, 0.4) is 0 Å². The number of rotatable bonds is 10. The molecule has 0 bridgehead atoms. The SMILES string of the molecule is CCCC(CCN)CCCNCC1CC1(C)C. The molecule has 0 aromatic heterocycles. The van der Waals surface area contributed by atoms with Gasteiger partial charge in [0.15, 0.2) is 0 Å². The fourth-order valence-electron chi connectivity index (χ4n) is 2.79. The van der Waals surface area contributed by atoms with Crippen molar-refractivity contribution < 1.29 is 0 Å². The molecule has 2 atom stereocenters. The van der Waals surface area contributed by atoms with Gasteiger partial charge in [0.05, 0.1) is 0 Å². The highest BCUT2D eigenvalue weighted by Gasteiger charge is 2.44. The van der Waals surface area contributed by atoms with Crippen LogP contribution in [-0.2, 0) is 0 Å². The van der Waals surface area contributed by atoms with Crippen molar-refractivity contribution in [3.8, 4) is 0 Å². The third kappa shape index (κ3) is 5.87. The molecule has 1 rings (SSSR count). The summed E-state index contributed by atoms with van der Waals surface area (Å²) < 4.78 is 0. The quantitative estimate of drug-likeness (QED) is 0.576. The maximum atomic E-state index is 5.65. The van der Waals surface area contributed by atoms with Crippen molar-refractivity contribution >= 4 is 0 Å². The Labute approximate surface area is 108 Å². The Morgan fingerprint density at radius 2 is 2.00 bits per heavy atom. The Morgan fingerprint density at radius 3 is 2.53 bits per heavy atom. The van der Waals surface area contributed by atoms with Crippen molar-refractivity contribution in [3.63, 3.8) is 0 Å². The summed E-state index contributed by atoms with van der Waals surface area (Å²) in [6.45, 7) is 10.3. The zero-order chi connectivity index (χ0) is 12.7. The second kappa shape index (κ2) is 7.38. The molecule has 0 aromatic rings. The van der Waals surface area contributed by atoms with Gasteiger partial charge < -0.3 is 11.1 Å². The first kappa shape index (κ1) is 15.0. The van der Waals surface area contributed by atoms with Gasteiger partial charge in [0, 0.05) is 0 Å². The number of hydrogen-bond donors (Lipinski definition) is 2. The summed E-state index contributed by atoms with van der Waals surface area (Å²) in [6.07, 6.45) is 7.94. The molecule has 0 aliphatic heterocycles. The van der Waals surface area contributed by atoms with Gasteiger partial charge in [-0.1, -0.05) is 33.6 Å². The van der Waals surface area contributed by atoms with Crippen LogP contribution in [0.1, 0.15) is 59.3 Å². The molecule has 1 aliphatic carbocycles. The smallest absolute Gasteiger partial charge is 0.00152 e. The van der Waals surface area contributed by atoms with Crippen molar-refractivity contribution in [1.29, 1.82) is 0 Å². The number of nitrogens with two attached hydrogens (primary N) is 1. The van der Waals surface area contributed by atoms with Gasteiger partial charge in [-0.15, -0.1) is 0 Å². The van der Waals surface area contributed by atoms with Crippen molar-refractivity contribution in [2.75, 3.05) is 19.6 Å². The summed E-state index contributed by atoms with van der Waals surface area (Å²) in [6, 6.07) is 0. The molecule has 2 heteroatoms. The van der Waals surface area contributed by atoms with Gasteiger partial charge >= 0.3 is 0 Å². The van der Waals surface area contributed by atoms with Crippen LogP contribution >= 0.6 is 0 Å². The van der Waals surface area contributed by atoms with Crippen LogP contribution in [0.25, 0.3) is 0 Å². The van der Waals surface area contributed by atoms with E-state index in [0.717, 1.165) is 18.4 Å². The van der Waals surface area contributed by atoms with Crippen molar-refractivity contribution in [1.82, 2.24) is 5.32 Å². The maximum absolute atomic E-state index is 5.65. The molecule has 0 radical (unpaired) electrons. The molecule has 0 saturated heterocycles. The Morgan fingerprint density at radius 1 is 1.29 bits per heavy atom. The highest BCUT2D eigenvalue weighted by atomic mass is 14.9. The molecule has 1 fully saturated rings. The van der Waals surface area contributed by atoms with E-state index in [-0.39, 0.29) is 0 Å². The van der Waals surface area contributed by atoms with E-state index in [2.05, 4.69) is 26.1 Å². The van der Waals surface area contributed by atoms with E-state index in [9.17, 15) is 0 Å². The van der Waals surface area contributed by atoms with Crippen LogP contribution in [-0.4, -0.2) is 19.6 Å². The Kier molecular flexibility index (Phi) is 6.50. The molecule has 102 valence electrons. The Balaban J connectivity index is 1.95. The van der Waals surface area contributed by atoms with Gasteiger partial charge in [0.25, 0.3) is 0 Å². The number of nitrogens with one attached hydrogen (secondary N) is 1. The fraction of sp³-hybridized carbons (Fsp3) is 1.00. The van der Waals surface area contributed by atoms with E-state index in [1.807, 2.05) is 0 Å². The topological polar surface area (TPSA) is 38.0 Å². The van der Waals surface area contributed by atoms with Gasteiger partial charge in [-0.2, -0.15) is 0 Å². The van der Waals surface area contributed by atoms with Gasteiger partial charge in [0.2, 0.25) is 0 Å². The lowest BCUT2D eigenvalue weighted by Gasteiger charge is -2.15. The first-order valence-corrected chi connectivity index (χ1v) is 7.51. The zero-order valence-corrected chi connectivity index (χ0v) is 12.1. The van der Waals surface area contributed by atoms with E-state index < -0.39 is 0 Å². The van der Waals surface area contributed by atoms with E-state index in [4.69, 9.17) is 5.73 Å². The molecule has 3 N–H and O–H groups in total. The molecule has 0 aromatic carbocycles. The summed E-state index contributed by atoms with van der Waals surface area (Å²) in [4.78, 5) is 0. The third-order valence-corrected chi connectivity index (χ3v) is 4.35. The van der Waals surface area contributed by atoms with Gasteiger partial charge in [-0.25, -0.2) is 0 Å². The molecule has 17 heavy (non-hydrogen) atoms. The van der Waals surface area contributed by atoms with E-state index in [1.54, 1.807) is 0 Å². The van der Waals surface area contributed by atoms with Crippen LogP contribution in [0.2, 0.25) is 0 Å². The molecule has 2 unspecified atom stereocenters. The largest absolute Gasteiger partial charge is 0.330 e. The molecule has 2 nitrogen and oxygen atoms in total. The molecule has 0 amide bonds. The zero-order valence-electron chi connectivity index (χ0n) is 12.1. The summed E-state index contributed by atoms with van der Waals surface area (Å²) in [5, 5.41) is 3.61. The van der Waals surface area contributed by atoms with Gasteiger partial charge in [0.1, 0.15) is 0 Å². The van der Waals surface area contributed by atoms with E-state index >= 15 is 0 Å². The minimum Gasteiger partial charge on any atom is -0.330 e. The lowest BCUT2D eigenvalue weighted by atomic mass is 9.94. The molecule has 0 heterocycles. The first-order chi connectivity index (χ1) is 8.10. The average molecular weight is 240 g/mol. The molecular formula is C15H32N2. The summed E-state index contributed by atoms with van der Waals surface area (Å²) in [5.74, 6) is 1.79. The summed E-state index contributed by atoms with van der Waals surface area (Å²) in [7, 11) is 0. The van der Waals surface area contributed by atoms with Crippen LogP contribution in [0.4, 0.5) is 0 Å². The first-order valence-electron chi connectivity index (χ1n) is 7.51.